The molecule has 0 fully saturated rings. The van der Waals surface area contributed by atoms with Crippen LogP contribution in [-0.2, 0) is 12.7 Å². The van der Waals surface area contributed by atoms with Crippen LogP contribution < -0.4 is 5.32 Å². The van der Waals surface area contributed by atoms with Crippen molar-refractivity contribution in [3.05, 3.63) is 53.6 Å². The van der Waals surface area contributed by atoms with Crippen molar-refractivity contribution in [3.63, 3.8) is 0 Å². The van der Waals surface area contributed by atoms with Gasteiger partial charge in [0.25, 0.3) is 5.91 Å². The highest BCUT2D eigenvalue weighted by atomic mass is 19.4. The smallest absolute Gasteiger partial charge is 0.347 e. The van der Waals surface area contributed by atoms with E-state index in [1.807, 2.05) is 0 Å². The lowest BCUT2D eigenvalue weighted by Crippen LogP contribution is -2.26. The summed E-state index contributed by atoms with van der Waals surface area (Å²) >= 11 is 0. The van der Waals surface area contributed by atoms with Crippen molar-refractivity contribution in [2.24, 2.45) is 0 Å². The van der Waals surface area contributed by atoms with Gasteiger partial charge in [-0.1, -0.05) is 12.1 Å². The highest BCUT2D eigenvalue weighted by Gasteiger charge is 2.34. The molecule has 1 amide bonds. The average Bonchev–Trinajstić information content (AvgIpc) is 2.88. The Balaban J connectivity index is 2.15. The lowest BCUT2D eigenvalue weighted by Gasteiger charge is -2.12. The Kier molecular flexibility index (Phi) is 3.55. The molecule has 0 aliphatic carbocycles. The molecule has 0 saturated carbocycles. The monoisotopic (exact) mass is 269 g/mol. The van der Waals surface area contributed by atoms with Gasteiger partial charge in [-0.3, -0.25) is 4.79 Å². The zero-order chi connectivity index (χ0) is 13.9. The normalized spacial score (nSPS) is 11.3. The predicted octanol–water partition coefficient (Wildman–Crippen LogP) is 2.36. The highest BCUT2D eigenvalue weighted by molar-refractivity contribution is 5.95. The summed E-state index contributed by atoms with van der Waals surface area (Å²) < 4.78 is 38.2. The van der Waals surface area contributed by atoms with Gasteiger partial charge in [-0.25, -0.2) is 4.98 Å². The number of amides is 1. The molecule has 0 unspecified atom stereocenters. The van der Waals surface area contributed by atoms with Crippen molar-refractivity contribution in [2.45, 2.75) is 12.7 Å². The van der Waals surface area contributed by atoms with Crippen LogP contribution >= 0.6 is 0 Å². The summed E-state index contributed by atoms with van der Waals surface area (Å²) in [4.78, 5) is 18.4. The highest BCUT2D eigenvalue weighted by Crippen LogP contribution is 2.31. The Morgan fingerprint density at radius 1 is 1.32 bits per heavy atom. The number of hydrogen-bond acceptors (Lipinski definition) is 2. The topological polar surface area (TPSA) is 57.8 Å². The quantitative estimate of drug-likeness (QED) is 0.898. The third-order valence-electron chi connectivity index (χ3n) is 2.45. The molecule has 1 aromatic carbocycles. The Labute approximate surface area is 106 Å². The minimum Gasteiger partial charge on any atom is -0.347 e. The second kappa shape index (κ2) is 5.13. The molecule has 0 atom stereocenters. The Morgan fingerprint density at radius 2 is 2.05 bits per heavy atom. The fourth-order valence-corrected chi connectivity index (χ4v) is 1.58. The molecule has 1 aromatic heterocycles. The first-order chi connectivity index (χ1) is 8.98. The fourth-order valence-electron chi connectivity index (χ4n) is 1.58. The number of nitrogens with one attached hydrogen (secondary N) is 2. The van der Waals surface area contributed by atoms with E-state index in [1.165, 1.54) is 18.3 Å². The second-order valence-corrected chi connectivity index (χ2v) is 3.76. The third kappa shape index (κ3) is 3.12. The molecule has 0 aliphatic heterocycles. The summed E-state index contributed by atoms with van der Waals surface area (Å²) in [6.07, 6.45) is -1.51. The largest absolute Gasteiger partial charge is 0.417 e. The second-order valence-electron chi connectivity index (χ2n) is 3.76. The first-order valence-corrected chi connectivity index (χ1v) is 5.41. The van der Waals surface area contributed by atoms with Crippen LogP contribution in [0.5, 0.6) is 0 Å². The molecule has 2 N–H and O–H groups in total. The van der Waals surface area contributed by atoms with Crippen LogP contribution in [0, 0.1) is 0 Å². The van der Waals surface area contributed by atoms with Gasteiger partial charge in [-0.2, -0.15) is 13.2 Å². The van der Waals surface area contributed by atoms with E-state index in [-0.39, 0.29) is 6.54 Å². The van der Waals surface area contributed by atoms with Gasteiger partial charge in [0, 0.05) is 12.4 Å². The van der Waals surface area contributed by atoms with E-state index < -0.39 is 23.2 Å². The molecule has 7 heteroatoms. The molecule has 4 nitrogen and oxygen atoms in total. The van der Waals surface area contributed by atoms with Crippen molar-refractivity contribution >= 4 is 5.91 Å². The number of hydrogen-bond donors (Lipinski definition) is 2. The van der Waals surface area contributed by atoms with E-state index in [0.29, 0.717) is 5.82 Å². The van der Waals surface area contributed by atoms with Gasteiger partial charge in [0.1, 0.15) is 5.82 Å². The molecule has 2 rings (SSSR count). The van der Waals surface area contributed by atoms with Crippen molar-refractivity contribution in [3.8, 4) is 0 Å². The number of carbonyl (C=O) groups is 1. The predicted molar refractivity (Wildman–Crippen MR) is 61.2 cm³/mol. The number of imidazole rings is 1. The summed E-state index contributed by atoms with van der Waals surface area (Å²) in [6, 6.07) is 4.64. The van der Waals surface area contributed by atoms with Gasteiger partial charge in [0.2, 0.25) is 0 Å². The first kappa shape index (κ1) is 13.1. The molecule has 0 spiro atoms. The van der Waals surface area contributed by atoms with Gasteiger partial charge >= 0.3 is 6.18 Å². The van der Waals surface area contributed by atoms with Crippen LogP contribution in [0.2, 0.25) is 0 Å². The number of H-pyrrole nitrogens is 1. The van der Waals surface area contributed by atoms with Gasteiger partial charge in [0.15, 0.2) is 0 Å². The van der Waals surface area contributed by atoms with Crippen molar-refractivity contribution in [1.82, 2.24) is 15.3 Å². The van der Waals surface area contributed by atoms with E-state index in [2.05, 4.69) is 15.3 Å². The minimum atomic E-state index is -4.56. The van der Waals surface area contributed by atoms with Crippen molar-refractivity contribution < 1.29 is 18.0 Å². The number of benzene rings is 1. The maximum Gasteiger partial charge on any atom is 0.417 e. The summed E-state index contributed by atoms with van der Waals surface area (Å²) in [5, 5.41) is 2.38. The van der Waals surface area contributed by atoms with Crippen LogP contribution in [0.15, 0.2) is 36.7 Å². The van der Waals surface area contributed by atoms with Crippen LogP contribution in [-0.4, -0.2) is 15.9 Å². The lowest BCUT2D eigenvalue weighted by molar-refractivity contribution is -0.137. The molecule has 0 bridgehead atoms. The summed E-state index contributed by atoms with van der Waals surface area (Å²) in [6.45, 7) is 0.0397. The number of alkyl halides is 3. The number of aromatic nitrogens is 2. The number of aromatic amines is 1. The molecule has 0 aliphatic rings. The van der Waals surface area contributed by atoms with E-state index in [9.17, 15) is 18.0 Å². The molecule has 1 heterocycles. The van der Waals surface area contributed by atoms with Gasteiger partial charge in [0.05, 0.1) is 17.7 Å². The maximum absolute atomic E-state index is 12.7. The van der Waals surface area contributed by atoms with Gasteiger partial charge in [-0.15, -0.1) is 0 Å². The molecule has 0 radical (unpaired) electrons. The standard InChI is InChI=1S/C12H10F3N3O/c13-12(14,15)9-4-2-1-3-8(9)11(19)18-7-10-16-5-6-17-10/h1-6H,7H2,(H,16,17)(H,18,19). The summed E-state index contributed by atoms with van der Waals surface area (Å²) in [7, 11) is 0. The van der Waals surface area contributed by atoms with Crippen LogP contribution in [0.4, 0.5) is 13.2 Å². The fraction of sp³-hybridized carbons (Fsp3) is 0.167. The molecule has 100 valence electrons. The van der Waals surface area contributed by atoms with Gasteiger partial charge < -0.3 is 10.3 Å². The van der Waals surface area contributed by atoms with Crippen LogP contribution in [0.1, 0.15) is 21.7 Å². The van der Waals surface area contributed by atoms with E-state index >= 15 is 0 Å². The minimum absolute atomic E-state index is 0.0397. The van der Waals surface area contributed by atoms with Crippen LogP contribution in [0.3, 0.4) is 0 Å². The number of halogens is 3. The zero-order valence-electron chi connectivity index (χ0n) is 9.66. The average molecular weight is 269 g/mol. The number of rotatable bonds is 3. The van der Waals surface area contributed by atoms with Crippen molar-refractivity contribution in [2.75, 3.05) is 0 Å². The first-order valence-electron chi connectivity index (χ1n) is 5.41. The van der Waals surface area contributed by atoms with E-state index in [4.69, 9.17) is 0 Å². The molecule has 2 aromatic rings. The molecule has 0 saturated heterocycles. The zero-order valence-corrected chi connectivity index (χ0v) is 9.66. The Hall–Kier alpha value is -2.31. The molecular weight excluding hydrogens is 259 g/mol. The Morgan fingerprint density at radius 3 is 2.68 bits per heavy atom. The Bertz CT molecular complexity index is 564. The number of nitrogens with zero attached hydrogens (tertiary/aromatic N) is 1. The van der Waals surface area contributed by atoms with Crippen molar-refractivity contribution in [1.29, 1.82) is 0 Å². The van der Waals surface area contributed by atoms with Crippen LogP contribution in [0.25, 0.3) is 0 Å². The molecule has 19 heavy (non-hydrogen) atoms. The van der Waals surface area contributed by atoms with E-state index in [0.717, 1.165) is 12.1 Å². The number of carbonyl (C=O) groups excluding carboxylic acids is 1. The summed E-state index contributed by atoms with van der Waals surface area (Å²) in [5.41, 5.74) is -1.35. The SMILES string of the molecule is O=C(NCc1ncc[nH]1)c1ccccc1C(F)(F)F. The molecular formula is C12H10F3N3O. The third-order valence-corrected chi connectivity index (χ3v) is 2.45. The maximum atomic E-state index is 12.7. The van der Waals surface area contributed by atoms with E-state index in [1.54, 1.807) is 6.20 Å². The lowest BCUT2D eigenvalue weighted by atomic mass is 10.1. The van der Waals surface area contributed by atoms with Gasteiger partial charge in [-0.05, 0) is 12.1 Å². The summed E-state index contributed by atoms with van der Waals surface area (Å²) in [5.74, 6) is -0.317.